The van der Waals surface area contributed by atoms with Crippen molar-refractivity contribution in [3.63, 3.8) is 0 Å². The topological polar surface area (TPSA) is 107 Å². The highest BCUT2D eigenvalue weighted by Crippen LogP contribution is 2.33. The van der Waals surface area contributed by atoms with Crippen LogP contribution < -0.4 is 10.5 Å². The van der Waals surface area contributed by atoms with E-state index in [1.54, 1.807) is 12.1 Å². The van der Waals surface area contributed by atoms with Crippen LogP contribution in [-0.4, -0.2) is 15.1 Å². The molecular weight excluding hydrogens is 296 g/mol. The smallest absolute Gasteiger partial charge is 0.270 e. The Hall–Kier alpha value is -3.35. The van der Waals surface area contributed by atoms with Crippen molar-refractivity contribution in [3.8, 4) is 17.0 Å². The standard InChI is InChI=1S/C16H14N4O3/c17-16-9-14(18-19-16)13-8-12(20(21)22)6-7-15(13)23-10-11-4-2-1-3-5-11/h1-9H,10H2,(H3,17,18,19). The zero-order chi connectivity index (χ0) is 16.2. The zero-order valence-corrected chi connectivity index (χ0v) is 12.1. The summed E-state index contributed by atoms with van der Waals surface area (Å²) in [5, 5.41) is 17.6. The molecule has 0 radical (unpaired) electrons. The average molecular weight is 310 g/mol. The van der Waals surface area contributed by atoms with Crippen molar-refractivity contribution in [1.29, 1.82) is 0 Å². The van der Waals surface area contributed by atoms with Crippen molar-refractivity contribution in [1.82, 2.24) is 10.2 Å². The van der Waals surface area contributed by atoms with Crippen molar-refractivity contribution in [2.45, 2.75) is 6.61 Å². The van der Waals surface area contributed by atoms with Crippen molar-refractivity contribution in [2.75, 3.05) is 5.73 Å². The van der Waals surface area contributed by atoms with Crippen molar-refractivity contribution in [3.05, 3.63) is 70.3 Å². The number of non-ortho nitro benzene ring substituents is 1. The lowest BCUT2D eigenvalue weighted by Gasteiger charge is -2.10. The van der Waals surface area contributed by atoms with E-state index in [4.69, 9.17) is 10.5 Å². The minimum Gasteiger partial charge on any atom is -0.488 e. The monoisotopic (exact) mass is 310 g/mol. The Kier molecular flexibility index (Phi) is 3.92. The number of nitro benzene ring substituents is 1. The fraction of sp³-hybridized carbons (Fsp3) is 0.0625. The highest BCUT2D eigenvalue weighted by molar-refractivity contribution is 5.71. The van der Waals surface area contributed by atoms with Crippen LogP contribution in [0.5, 0.6) is 5.75 Å². The van der Waals surface area contributed by atoms with Crippen LogP contribution >= 0.6 is 0 Å². The Bertz CT molecular complexity index is 830. The Morgan fingerprint density at radius 3 is 2.61 bits per heavy atom. The van der Waals surface area contributed by atoms with Gasteiger partial charge in [0.25, 0.3) is 5.69 Å². The summed E-state index contributed by atoms with van der Waals surface area (Å²) in [6.45, 7) is 0.356. The maximum Gasteiger partial charge on any atom is 0.270 e. The molecule has 3 N–H and O–H groups in total. The van der Waals surface area contributed by atoms with Crippen LogP contribution in [0.25, 0.3) is 11.3 Å². The van der Waals surface area contributed by atoms with Crippen LogP contribution in [0.2, 0.25) is 0 Å². The number of hydrogen-bond donors (Lipinski definition) is 2. The van der Waals surface area contributed by atoms with Gasteiger partial charge in [-0.1, -0.05) is 30.3 Å². The average Bonchev–Trinajstić information content (AvgIpc) is 3.00. The quantitative estimate of drug-likeness (QED) is 0.556. The molecule has 0 saturated carbocycles. The summed E-state index contributed by atoms with van der Waals surface area (Å²) in [6.07, 6.45) is 0. The van der Waals surface area contributed by atoms with Gasteiger partial charge in [-0.2, -0.15) is 5.10 Å². The highest BCUT2D eigenvalue weighted by Gasteiger charge is 2.15. The predicted molar refractivity (Wildman–Crippen MR) is 85.9 cm³/mol. The van der Waals surface area contributed by atoms with Gasteiger partial charge in [-0.15, -0.1) is 0 Å². The Morgan fingerprint density at radius 2 is 1.96 bits per heavy atom. The van der Waals surface area contributed by atoms with Crippen LogP contribution in [0.4, 0.5) is 11.5 Å². The number of aromatic amines is 1. The van der Waals surface area contributed by atoms with Crippen LogP contribution in [-0.2, 0) is 6.61 Å². The van der Waals surface area contributed by atoms with E-state index in [0.717, 1.165) is 5.56 Å². The molecule has 1 aromatic heterocycles. The SMILES string of the molecule is Nc1cc(-c2cc([N+](=O)[O-])ccc2OCc2ccccc2)[nH]n1. The molecule has 3 aromatic rings. The molecule has 0 aliphatic heterocycles. The van der Waals surface area contributed by atoms with E-state index in [9.17, 15) is 10.1 Å². The molecule has 0 aliphatic rings. The molecule has 23 heavy (non-hydrogen) atoms. The van der Waals surface area contributed by atoms with Crippen LogP contribution in [0.15, 0.2) is 54.6 Å². The number of nitro groups is 1. The number of nitrogens with one attached hydrogen (secondary N) is 1. The maximum atomic E-state index is 11.0. The van der Waals surface area contributed by atoms with E-state index in [1.165, 1.54) is 12.1 Å². The molecule has 0 aliphatic carbocycles. The summed E-state index contributed by atoms with van der Waals surface area (Å²) in [5.41, 5.74) is 7.69. The van der Waals surface area contributed by atoms with Gasteiger partial charge in [0.05, 0.1) is 10.6 Å². The summed E-state index contributed by atoms with van der Waals surface area (Å²) in [7, 11) is 0. The predicted octanol–water partition coefficient (Wildman–Crippen LogP) is 3.15. The van der Waals surface area contributed by atoms with E-state index in [1.807, 2.05) is 30.3 Å². The molecule has 0 unspecified atom stereocenters. The summed E-state index contributed by atoms with van der Waals surface area (Å²) in [5.74, 6) is 0.823. The lowest BCUT2D eigenvalue weighted by Crippen LogP contribution is -1.98. The normalized spacial score (nSPS) is 10.4. The van der Waals surface area contributed by atoms with Gasteiger partial charge in [0, 0.05) is 23.8 Å². The Labute approximate surface area is 131 Å². The second-order valence-corrected chi connectivity index (χ2v) is 4.92. The second kappa shape index (κ2) is 6.18. The number of benzene rings is 2. The van der Waals surface area contributed by atoms with Crippen molar-refractivity contribution >= 4 is 11.5 Å². The van der Waals surface area contributed by atoms with Crippen LogP contribution in [0.1, 0.15) is 5.56 Å². The van der Waals surface area contributed by atoms with Gasteiger partial charge in [-0.25, -0.2) is 0 Å². The molecule has 0 spiro atoms. The molecule has 0 atom stereocenters. The fourth-order valence-corrected chi connectivity index (χ4v) is 2.18. The number of hydrogen-bond acceptors (Lipinski definition) is 5. The number of rotatable bonds is 5. The number of anilines is 1. The maximum absolute atomic E-state index is 11.0. The summed E-state index contributed by atoms with van der Waals surface area (Å²) in [6, 6.07) is 15.7. The Balaban J connectivity index is 1.93. The summed E-state index contributed by atoms with van der Waals surface area (Å²) >= 11 is 0. The molecule has 0 fully saturated rings. The van der Waals surface area contributed by atoms with Crippen molar-refractivity contribution < 1.29 is 9.66 Å². The molecule has 0 saturated heterocycles. The van der Waals surface area contributed by atoms with Gasteiger partial charge in [0.15, 0.2) is 0 Å². The number of nitrogen functional groups attached to an aromatic ring is 1. The highest BCUT2D eigenvalue weighted by atomic mass is 16.6. The largest absolute Gasteiger partial charge is 0.488 e. The van der Waals surface area contributed by atoms with E-state index in [2.05, 4.69) is 10.2 Å². The molecule has 0 amide bonds. The number of H-pyrrole nitrogens is 1. The molecule has 1 heterocycles. The zero-order valence-electron chi connectivity index (χ0n) is 12.1. The lowest BCUT2D eigenvalue weighted by molar-refractivity contribution is -0.384. The van der Waals surface area contributed by atoms with Crippen molar-refractivity contribution in [2.24, 2.45) is 0 Å². The second-order valence-electron chi connectivity index (χ2n) is 4.92. The number of ether oxygens (including phenoxy) is 1. The molecule has 116 valence electrons. The van der Waals surface area contributed by atoms with E-state index in [0.29, 0.717) is 29.4 Å². The molecule has 0 bridgehead atoms. The third kappa shape index (κ3) is 3.29. The number of nitrogens with two attached hydrogens (primary N) is 1. The minimum atomic E-state index is -0.454. The van der Waals surface area contributed by atoms with Gasteiger partial charge >= 0.3 is 0 Å². The third-order valence-electron chi connectivity index (χ3n) is 3.30. The fourth-order valence-electron chi connectivity index (χ4n) is 2.18. The van der Waals surface area contributed by atoms with E-state index < -0.39 is 4.92 Å². The minimum absolute atomic E-state index is 0.0276. The number of aromatic nitrogens is 2. The summed E-state index contributed by atoms with van der Waals surface area (Å²) < 4.78 is 5.81. The first-order chi connectivity index (χ1) is 11.1. The molecule has 7 heteroatoms. The lowest BCUT2D eigenvalue weighted by atomic mass is 10.1. The third-order valence-corrected chi connectivity index (χ3v) is 3.30. The first kappa shape index (κ1) is 14.6. The van der Waals surface area contributed by atoms with Gasteiger partial charge in [-0.05, 0) is 11.6 Å². The van der Waals surface area contributed by atoms with Gasteiger partial charge in [0.1, 0.15) is 18.2 Å². The molecule has 3 rings (SSSR count). The van der Waals surface area contributed by atoms with Gasteiger partial charge in [0.2, 0.25) is 0 Å². The molecule has 2 aromatic carbocycles. The van der Waals surface area contributed by atoms with Crippen LogP contribution in [0.3, 0.4) is 0 Å². The van der Waals surface area contributed by atoms with Gasteiger partial charge < -0.3 is 10.5 Å². The molecule has 7 nitrogen and oxygen atoms in total. The van der Waals surface area contributed by atoms with Crippen LogP contribution in [0, 0.1) is 10.1 Å². The van der Waals surface area contributed by atoms with E-state index in [-0.39, 0.29) is 5.69 Å². The number of nitrogens with zero attached hydrogens (tertiary/aromatic N) is 2. The van der Waals surface area contributed by atoms with E-state index >= 15 is 0 Å². The summed E-state index contributed by atoms with van der Waals surface area (Å²) in [4.78, 5) is 10.5. The van der Waals surface area contributed by atoms with Gasteiger partial charge in [-0.3, -0.25) is 15.2 Å². The molecular formula is C16H14N4O3. The first-order valence-corrected chi connectivity index (χ1v) is 6.90. The Morgan fingerprint density at radius 1 is 1.17 bits per heavy atom. The first-order valence-electron chi connectivity index (χ1n) is 6.90.